The van der Waals surface area contributed by atoms with Crippen molar-refractivity contribution in [3.63, 3.8) is 0 Å². The lowest BCUT2D eigenvalue weighted by Gasteiger charge is -2.08. The molecule has 7 heteroatoms. The Balaban J connectivity index is 2.30. The monoisotopic (exact) mass is 249 g/mol. The quantitative estimate of drug-likeness (QED) is 0.823. The number of hydrogen-bond acceptors (Lipinski definition) is 2. The molecule has 0 aliphatic carbocycles. The number of rotatable bonds is 4. The van der Waals surface area contributed by atoms with E-state index in [0.29, 0.717) is 13.0 Å². The van der Waals surface area contributed by atoms with Crippen LogP contribution < -0.4 is 5.32 Å². The summed E-state index contributed by atoms with van der Waals surface area (Å²) in [4.78, 5) is 10.5. The summed E-state index contributed by atoms with van der Waals surface area (Å²) < 4.78 is 37.2. The smallest absolute Gasteiger partial charge is 0.348 e. The SMILES string of the molecule is Cc1cc(C)n(CCCNC(=O)C(F)(F)F)n1. The third-order valence-electron chi connectivity index (χ3n) is 2.19. The molecule has 17 heavy (non-hydrogen) atoms. The van der Waals surface area contributed by atoms with Gasteiger partial charge in [-0.3, -0.25) is 9.48 Å². The third-order valence-corrected chi connectivity index (χ3v) is 2.19. The van der Waals surface area contributed by atoms with E-state index in [-0.39, 0.29) is 6.54 Å². The van der Waals surface area contributed by atoms with E-state index in [2.05, 4.69) is 5.10 Å². The molecule has 4 nitrogen and oxygen atoms in total. The summed E-state index contributed by atoms with van der Waals surface area (Å²) in [6.07, 6.45) is -4.40. The topological polar surface area (TPSA) is 46.9 Å². The zero-order chi connectivity index (χ0) is 13.1. The number of aromatic nitrogens is 2. The van der Waals surface area contributed by atoms with E-state index in [1.165, 1.54) is 0 Å². The second-order valence-electron chi connectivity index (χ2n) is 3.76. The van der Waals surface area contributed by atoms with Crippen molar-refractivity contribution in [2.75, 3.05) is 6.54 Å². The highest BCUT2D eigenvalue weighted by Crippen LogP contribution is 2.13. The summed E-state index contributed by atoms with van der Waals surface area (Å²) in [5, 5.41) is 5.97. The maximum atomic E-state index is 11.8. The van der Waals surface area contributed by atoms with Gasteiger partial charge in [-0.25, -0.2) is 0 Å². The lowest BCUT2D eigenvalue weighted by atomic mass is 10.4. The van der Waals surface area contributed by atoms with E-state index in [0.717, 1.165) is 11.4 Å². The molecule has 1 heterocycles. The van der Waals surface area contributed by atoms with Crippen LogP contribution in [0, 0.1) is 13.8 Å². The number of nitrogens with one attached hydrogen (secondary N) is 1. The van der Waals surface area contributed by atoms with Crippen LogP contribution in [0.1, 0.15) is 17.8 Å². The molecule has 1 aromatic heterocycles. The summed E-state index contributed by atoms with van der Waals surface area (Å²) >= 11 is 0. The van der Waals surface area contributed by atoms with Crippen LogP contribution in [0.3, 0.4) is 0 Å². The van der Waals surface area contributed by atoms with Gasteiger partial charge in [-0.05, 0) is 26.3 Å². The first-order chi connectivity index (χ1) is 7.80. The number of alkyl halides is 3. The predicted molar refractivity (Wildman–Crippen MR) is 55.4 cm³/mol. The Hall–Kier alpha value is -1.53. The molecule has 1 amide bonds. The Morgan fingerprint density at radius 3 is 2.59 bits per heavy atom. The van der Waals surface area contributed by atoms with Gasteiger partial charge in [0.15, 0.2) is 0 Å². The van der Waals surface area contributed by atoms with Crippen LogP contribution in [0.4, 0.5) is 13.2 Å². The molecule has 0 aliphatic rings. The van der Waals surface area contributed by atoms with Crippen molar-refractivity contribution in [2.24, 2.45) is 0 Å². The highest BCUT2D eigenvalue weighted by atomic mass is 19.4. The maximum Gasteiger partial charge on any atom is 0.471 e. The number of hydrogen-bond donors (Lipinski definition) is 1. The lowest BCUT2D eigenvalue weighted by Crippen LogP contribution is -2.37. The first-order valence-electron chi connectivity index (χ1n) is 5.17. The number of nitrogens with zero attached hydrogens (tertiary/aromatic N) is 2. The minimum atomic E-state index is -4.81. The number of carbonyl (C=O) groups is 1. The molecule has 0 bridgehead atoms. The number of halogens is 3. The van der Waals surface area contributed by atoms with Crippen molar-refractivity contribution in [3.05, 3.63) is 17.5 Å². The van der Waals surface area contributed by atoms with E-state index in [1.54, 1.807) is 4.68 Å². The van der Waals surface area contributed by atoms with Crippen molar-refractivity contribution in [3.8, 4) is 0 Å². The minimum absolute atomic E-state index is 0.0172. The Morgan fingerprint density at radius 2 is 2.12 bits per heavy atom. The van der Waals surface area contributed by atoms with Crippen LogP contribution in [0.15, 0.2) is 6.07 Å². The van der Waals surface area contributed by atoms with Gasteiger partial charge in [-0.2, -0.15) is 18.3 Å². The molecular formula is C10H14F3N3O. The van der Waals surface area contributed by atoms with E-state index < -0.39 is 12.1 Å². The summed E-state index contributed by atoms with van der Waals surface area (Å²) in [5.41, 5.74) is 1.81. The summed E-state index contributed by atoms with van der Waals surface area (Å²) in [7, 11) is 0. The molecular weight excluding hydrogens is 235 g/mol. The van der Waals surface area contributed by atoms with Crippen LogP contribution in [-0.2, 0) is 11.3 Å². The molecule has 96 valence electrons. The normalized spacial score (nSPS) is 11.6. The standard InChI is InChI=1S/C10H14F3N3O/c1-7-6-8(2)16(15-7)5-3-4-14-9(17)10(11,12)13/h6H,3-5H2,1-2H3,(H,14,17). The minimum Gasteiger partial charge on any atom is -0.348 e. The van der Waals surface area contributed by atoms with Crippen molar-refractivity contribution < 1.29 is 18.0 Å². The molecule has 0 aromatic carbocycles. The number of amides is 1. The van der Waals surface area contributed by atoms with Crippen LogP contribution in [-0.4, -0.2) is 28.4 Å². The van der Waals surface area contributed by atoms with Gasteiger partial charge in [0, 0.05) is 18.8 Å². The zero-order valence-corrected chi connectivity index (χ0v) is 9.64. The fourth-order valence-electron chi connectivity index (χ4n) is 1.43. The average Bonchev–Trinajstić information content (AvgIpc) is 2.50. The molecule has 0 saturated heterocycles. The van der Waals surface area contributed by atoms with Crippen LogP contribution in [0.5, 0.6) is 0 Å². The zero-order valence-electron chi connectivity index (χ0n) is 9.64. The molecule has 1 rings (SSSR count). The van der Waals surface area contributed by atoms with Gasteiger partial charge < -0.3 is 5.32 Å². The predicted octanol–water partition coefficient (Wildman–Crippen LogP) is 1.57. The molecule has 0 atom stereocenters. The van der Waals surface area contributed by atoms with E-state index >= 15 is 0 Å². The summed E-state index contributed by atoms with van der Waals surface area (Å²) in [6.45, 7) is 4.18. The summed E-state index contributed by atoms with van der Waals surface area (Å²) in [5.74, 6) is -1.90. The Kier molecular flexibility index (Phi) is 4.14. The second-order valence-corrected chi connectivity index (χ2v) is 3.76. The highest BCUT2D eigenvalue weighted by Gasteiger charge is 2.38. The fourth-order valence-corrected chi connectivity index (χ4v) is 1.43. The Labute approximate surface area is 96.8 Å². The largest absolute Gasteiger partial charge is 0.471 e. The first-order valence-corrected chi connectivity index (χ1v) is 5.17. The van der Waals surface area contributed by atoms with Crippen LogP contribution >= 0.6 is 0 Å². The van der Waals surface area contributed by atoms with Gasteiger partial charge in [0.1, 0.15) is 0 Å². The first kappa shape index (κ1) is 13.5. The molecule has 1 N–H and O–H groups in total. The maximum absolute atomic E-state index is 11.8. The van der Waals surface area contributed by atoms with Crippen molar-refractivity contribution in [2.45, 2.75) is 33.0 Å². The number of carbonyl (C=O) groups excluding carboxylic acids is 1. The molecule has 0 spiro atoms. The second kappa shape index (κ2) is 5.20. The van der Waals surface area contributed by atoms with E-state index in [9.17, 15) is 18.0 Å². The van der Waals surface area contributed by atoms with E-state index in [1.807, 2.05) is 25.2 Å². The van der Waals surface area contributed by atoms with Gasteiger partial charge in [0.2, 0.25) is 0 Å². The molecule has 0 radical (unpaired) electrons. The van der Waals surface area contributed by atoms with Crippen LogP contribution in [0.25, 0.3) is 0 Å². The van der Waals surface area contributed by atoms with Gasteiger partial charge >= 0.3 is 12.1 Å². The van der Waals surface area contributed by atoms with Crippen molar-refractivity contribution in [1.29, 1.82) is 0 Å². The van der Waals surface area contributed by atoms with E-state index in [4.69, 9.17) is 0 Å². The third kappa shape index (κ3) is 4.08. The van der Waals surface area contributed by atoms with Crippen molar-refractivity contribution in [1.82, 2.24) is 15.1 Å². The molecule has 0 saturated carbocycles. The Bertz CT molecular complexity index is 398. The molecule has 0 aliphatic heterocycles. The highest BCUT2D eigenvalue weighted by molar-refractivity contribution is 5.81. The van der Waals surface area contributed by atoms with Crippen molar-refractivity contribution >= 4 is 5.91 Å². The molecule has 0 fully saturated rings. The van der Waals surface area contributed by atoms with Crippen LogP contribution in [0.2, 0.25) is 0 Å². The van der Waals surface area contributed by atoms with Gasteiger partial charge in [0.05, 0.1) is 5.69 Å². The fraction of sp³-hybridized carbons (Fsp3) is 0.600. The molecule has 1 aromatic rings. The van der Waals surface area contributed by atoms with Gasteiger partial charge in [0.25, 0.3) is 0 Å². The summed E-state index contributed by atoms with van der Waals surface area (Å²) in [6, 6.07) is 1.88. The average molecular weight is 249 g/mol. The lowest BCUT2D eigenvalue weighted by molar-refractivity contribution is -0.173. The van der Waals surface area contributed by atoms with Gasteiger partial charge in [-0.1, -0.05) is 0 Å². The molecule has 0 unspecified atom stereocenters. The van der Waals surface area contributed by atoms with Gasteiger partial charge in [-0.15, -0.1) is 0 Å². The Morgan fingerprint density at radius 1 is 1.47 bits per heavy atom. The number of aryl methyl sites for hydroxylation is 3.